The quantitative estimate of drug-likeness (QED) is 0.565. The van der Waals surface area contributed by atoms with Gasteiger partial charge in [0, 0.05) is 12.6 Å². The van der Waals surface area contributed by atoms with Crippen molar-refractivity contribution in [3.63, 3.8) is 0 Å². The van der Waals surface area contributed by atoms with Crippen molar-refractivity contribution in [2.45, 2.75) is 38.0 Å². The maximum Gasteiger partial charge on any atom is 0.404 e. The van der Waals surface area contributed by atoms with E-state index in [1.165, 1.54) is 0 Å². The van der Waals surface area contributed by atoms with Gasteiger partial charge >= 0.3 is 6.09 Å². The molecule has 3 atom stereocenters. The lowest BCUT2D eigenvalue weighted by atomic mass is 10.00. The van der Waals surface area contributed by atoms with E-state index in [1.54, 1.807) is 0 Å². The van der Waals surface area contributed by atoms with Crippen LogP contribution in [0.25, 0.3) is 0 Å². The first kappa shape index (κ1) is 19.0. The third-order valence-corrected chi connectivity index (χ3v) is 4.26. The third kappa shape index (κ3) is 6.21. The van der Waals surface area contributed by atoms with Gasteiger partial charge in [-0.25, -0.2) is 4.79 Å². The van der Waals surface area contributed by atoms with Gasteiger partial charge in [-0.1, -0.05) is 67.6 Å². The van der Waals surface area contributed by atoms with Gasteiger partial charge in [0.2, 0.25) is 0 Å². The highest BCUT2D eigenvalue weighted by Crippen LogP contribution is 2.16. The van der Waals surface area contributed by atoms with Crippen LogP contribution in [0.2, 0.25) is 0 Å². The normalized spacial score (nSPS) is 14.5. The Morgan fingerprint density at radius 2 is 1.64 bits per heavy atom. The highest BCUT2D eigenvalue weighted by molar-refractivity contribution is 5.65. The van der Waals surface area contributed by atoms with Crippen LogP contribution in [0.15, 0.2) is 60.7 Å². The molecule has 4 N–H and O–H groups in total. The Hall–Kier alpha value is -2.37. The summed E-state index contributed by atoms with van der Waals surface area (Å²) in [5, 5.41) is 25.4. The molecule has 134 valence electrons. The molecule has 0 aliphatic heterocycles. The molecule has 0 aliphatic rings. The highest BCUT2D eigenvalue weighted by Gasteiger charge is 2.22. The number of nitrogens with one attached hydrogen (secondary N) is 2. The van der Waals surface area contributed by atoms with Crippen molar-refractivity contribution in [2.24, 2.45) is 0 Å². The lowest BCUT2D eigenvalue weighted by Crippen LogP contribution is -2.48. The average molecular weight is 342 g/mol. The molecule has 0 saturated heterocycles. The minimum Gasteiger partial charge on any atom is -0.465 e. The fraction of sp³-hybridized carbons (Fsp3) is 0.350. The summed E-state index contributed by atoms with van der Waals surface area (Å²) in [7, 11) is 0. The molecule has 2 aromatic rings. The van der Waals surface area contributed by atoms with E-state index < -0.39 is 18.2 Å². The first-order chi connectivity index (χ1) is 12.1. The van der Waals surface area contributed by atoms with Gasteiger partial charge in [0.05, 0.1) is 12.1 Å². The minimum absolute atomic E-state index is 0.123. The van der Waals surface area contributed by atoms with Crippen LogP contribution in [0.5, 0.6) is 0 Å². The number of amides is 1. The predicted molar refractivity (Wildman–Crippen MR) is 98.6 cm³/mol. The fourth-order valence-corrected chi connectivity index (χ4v) is 2.90. The van der Waals surface area contributed by atoms with Crippen molar-refractivity contribution in [3.8, 4) is 0 Å². The Bertz CT molecular complexity index is 634. The second kappa shape index (κ2) is 9.81. The highest BCUT2D eigenvalue weighted by atomic mass is 16.4. The van der Waals surface area contributed by atoms with Gasteiger partial charge in [-0.2, -0.15) is 0 Å². The van der Waals surface area contributed by atoms with E-state index in [1.807, 2.05) is 60.7 Å². The zero-order chi connectivity index (χ0) is 18.1. The molecule has 2 aromatic carbocycles. The summed E-state index contributed by atoms with van der Waals surface area (Å²) in [4.78, 5) is 11.1. The fourth-order valence-electron chi connectivity index (χ4n) is 2.90. The molecule has 0 bridgehead atoms. The molecular formula is C20H26N2O3. The Morgan fingerprint density at radius 1 is 1.04 bits per heavy atom. The number of aliphatic hydroxyl groups excluding tert-OH is 1. The molecule has 5 nitrogen and oxygen atoms in total. The number of carbonyl (C=O) groups is 1. The van der Waals surface area contributed by atoms with Crippen molar-refractivity contribution in [2.75, 3.05) is 6.54 Å². The molecular weight excluding hydrogens is 316 g/mol. The zero-order valence-corrected chi connectivity index (χ0v) is 14.4. The van der Waals surface area contributed by atoms with Crippen molar-refractivity contribution in [3.05, 3.63) is 71.8 Å². The second-order valence-electron chi connectivity index (χ2n) is 6.09. The van der Waals surface area contributed by atoms with E-state index in [9.17, 15) is 9.90 Å². The molecule has 0 radical (unpaired) electrons. The number of carboxylic acid groups (broad SMARTS) is 1. The lowest BCUT2D eigenvalue weighted by molar-refractivity contribution is 0.115. The Balaban J connectivity index is 1.98. The Morgan fingerprint density at radius 3 is 2.20 bits per heavy atom. The van der Waals surface area contributed by atoms with Gasteiger partial charge in [0.25, 0.3) is 0 Å². The van der Waals surface area contributed by atoms with E-state index in [4.69, 9.17) is 5.11 Å². The van der Waals surface area contributed by atoms with Gasteiger partial charge < -0.3 is 20.8 Å². The van der Waals surface area contributed by atoms with Crippen molar-refractivity contribution in [1.29, 1.82) is 0 Å². The first-order valence-electron chi connectivity index (χ1n) is 8.60. The molecule has 1 amide bonds. The molecule has 0 unspecified atom stereocenters. The standard InChI is InChI=1S/C20H26N2O3/c1-2-17(16-11-7-4-8-12-16)21-14-19(23)18(22-20(24)25)13-15-9-5-3-6-10-15/h3-12,17-19,21-23H,2,13-14H2,1H3,(H,24,25)/t17-,18+,19+/m1/s1. The number of hydrogen-bond acceptors (Lipinski definition) is 3. The molecule has 0 aromatic heterocycles. The molecule has 25 heavy (non-hydrogen) atoms. The van der Waals surface area contributed by atoms with Crippen LogP contribution in [0, 0.1) is 0 Å². The maximum atomic E-state index is 11.1. The third-order valence-electron chi connectivity index (χ3n) is 4.26. The van der Waals surface area contributed by atoms with Crippen LogP contribution in [-0.2, 0) is 6.42 Å². The first-order valence-corrected chi connectivity index (χ1v) is 8.60. The molecule has 0 saturated carbocycles. The summed E-state index contributed by atoms with van der Waals surface area (Å²) < 4.78 is 0. The van der Waals surface area contributed by atoms with Crippen LogP contribution >= 0.6 is 0 Å². The van der Waals surface area contributed by atoms with E-state index >= 15 is 0 Å². The summed E-state index contributed by atoms with van der Waals surface area (Å²) in [6.07, 6.45) is -0.631. The van der Waals surface area contributed by atoms with Gasteiger partial charge in [-0.15, -0.1) is 0 Å². The molecule has 0 spiro atoms. The van der Waals surface area contributed by atoms with Crippen molar-refractivity contribution in [1.82, 2.24) is 10.6 Å². The van der Waals surface area contributed by atoms with Gasteiger partial charge in [-0.3, -0.25) is 0 Å². The Labute approximate surface area is 148 Å². The van der Waals surface area contributed by atoms with Gasteiger partial charge in [0.1, 0.15) is 0 Å². The van der Waals surface area contributed by atoms with Crippen LogP contribution < -0.4 is 10.6 Å². The van der Waals surface area contributed by atoms with E-state index in [2.05, 4.69) is 17.6 Å². The maximum absolute atomic E-state index is 11.1. The smallest absolute Gasteiger partial charge is 0.404 e. The molecule has 0 aliphatic carbocycles. The van der Waals surface area contributed by atoms with Gasteiger partial charge in [0.15, 0.2) is 0 Å². The summed E-state index contributed by atoms with van der Waals surface area (Å²) in [5.74, 6) is 0. The van der Waals surface area contributed by atoms with E-state index in [0.717, 1.165) is 17.5 Å². The van der Waals surface area contributed by atoms with Crippen molar-refractivity contribution >= 4 is 6.09 Å². The zero-order valence-electron chi connectivity index (χ0n) is 14.4. The van der Waals surface area contributed by atoms with Crippen LogP contribution in [0.3, 0.4) is 0 Å². The summed E-state index contributed by atoms with van der Waals surface area (Å²) in [6, 6.07) is 19.2. The largest absolute Gasteiger partial charge is 0.465 e. The number of benzene rings is 2. The number of aliphatic hydroxyl groups is 1. The SMILES string of the molecule is CC[C@@H](NC[C@H](O)[C@H](Cc1ccccc1)NC(=O)O)c1ccccc1. The van der Waals surface area contributed by atoms with Crippen LogP contribution in [0.1, 0.15) is 30.5 Å². The monoisotopic (exact) mass is 342 g/mol. The molecule has 0 fully saturated rings. The lowest BCUT2D eigenvalue weighted by Gasteiger charge is -2.26. The number of hydrogen-bond donors (Lipinski definition) is 4. The molecule has 5 heteroatoms. The predicted octanol–water partition coefficient (Wildman–Crippen LogP) is 2.97. The Kier molecular flexibility index (Phi) is 7.44. The van der Waals surface area contributed by atoms with Gasteiger partial charge in [-0.05, 0) is 24.0 Å². The van der Waals surface area contributed by atoms with E-state index in [-0.39, 0.29) is 6.04 Å². The molecule has 2 rings (SSSR count). The topological polar surface area (TPSA) is 81.6 Å². The van der Waals surface area contributed by atoms with Crippen LogP contribution in [0.4, 0.5) is 4.79 Å². The summed E-state index contributed by atoms with van der Waals surface area (Å²) in [6.45, 7) is 2.39. The van der Waals surface area contributed by atoms with E-state index in [0.29, 0.717) is 13.0 Å². The summed E-state index contributed by atoms with van der Waals surface area (Å²) >= 11 is 0. The molecule has 0 heterocycles. The average Bonchev–Trinajstić information content (AvgIpc) is 2.63. The van der Waals surface area contributed by atoms with Crippen molar-refractivity contribution < 1.29 is 15.0 Å². The summed E-state index contributed by atoms with van der Waals surface area (Å²) in [5.41, 5.74) is 2.14. The minimum atomic E-state index is -1.13. The van der Waals surface area contributed by atoms with Crippen LogP contribution in [-0.4, -0.2) is 35.0 Å². The second-order valence-corrected chi connectivity index (χ2v) is 6.09. The number of rotatable bonds is 9.